The van der Waals surface area contributed by atoms with E-state index >= 15 is 0 Å². The van der Waals surface area contributed by atoms with Gasteiger partial charge in [-0.15, -0.1) is 0 Å². The van der Waals surface area contributed by atoms with E-state index in [9.17, 15) is 0 Å². The average Bonchev–Trinajstić information content (AvgIpc) is 2.34. The van der Waals surface area contributed by atoms with Crippen LogP contribution in [0.5, 0.6) is 0 Å². The molecule has 0 aromatic carbocycles. The second-order valence-corrected chi connectivity index (χ2v) is 5.71. The first-order valence-electron chi connectivity index (χ1n) is 7.32. The molecule has 2 heterocycles. The lowest BCUT2D eigenvalue weighted by atomic mass is 10.00. The summed E-state index contributed by atoms with van der Waals surface area (Å²) in [7, 11) is 2.26. The summed E-state index contributed by atoms with van der Waals surface area (Å²) in [5.74, 6) is 0. The van der Waals surface area contributed by atoms with Crippen LogP contribution in [0.25, 0.3) is 0 Å². The molecule has 2 aliphatic heterocycles. The minimum atomic E-state index is 0.442. The predicted molar refractivity (Wildman–Crippen MR) is 71.3 cm³/mol. The van der Waals surface area contributed by atoms with E-state index in [4.69, 9.17) is 4.74 Å². The minimum Gasteiger partial charge on any atom is -0.377 e. The molecule has 0 spiro atoms. The van der Waals surface area contributed by atoms with Crippen LogP contribution in [-0.4, -0.2) is 49.8 Å². The third kappa shape index (κ3) is 3.94. The van der Waals surface area contributed by atoms with Crippen LogP contribution >= 0.6 is 0 Å². The van der Waals surface area contributed by atoms with E-state index < -0.39 is 0 Å². The van der Waals surface area contributed by atoms with Crippen molar-refractivity contribution >= 4 is 0 Å². The summed E-state index contributed by atoms with van der Waals surface area (Å²) >= 11 is 0. The van der Waals surface area contributed by atoms with E-state index in [1.165, 1.54) is 45.1 Å². The molecular formula is C14H28N2O. The van der Waals surface area contributed by atoms with Gasteiger partial charge in [-0.25, -0.2) is 0 Å². The van der Waals surface area contributed by atoms with E-state index in [0.29, 0.717) is 12.1 Å². The van der Waals surface area contributed by atoms with E-state index in [0.717, 1.165) is 19.2 Å². The smallest absolute Gasteiger partial charge is 0.0725 e. The monoisotopic (exact) mass is 240 g/mol. The molecular weight excluding hydrogens is 212 g/mol. The Labute approximate surface area is 106 Å². The molecule has 100 valence electrons. The average molecular weight is 240 g/mol. The van der Waals surface area contributed by atoms with Gasteiger partial charge in [-0.05, 0) is 59.2 Å². The van der Waals surface area contributed by atoms with Crippen LogP contribution in [0.1, 0.15) is 45.4 Å². The first-order chi connectivity index (χ1) is 8.27. The predicted octanol–water partition coefficient (Wildman–Crippen LogP) is 2.02. The molecule has 0 aliphatic carbocycles. The molecule has 2 rings (SSSR count). The van der Waals surface area contributed by atoms with Gasteiger partial charge in [0.1, 0.15) is 0 Å². The van der Waals surface area contributed by atoms with Crippen molar-refractivity contribution < 1.29 is 4.74 Å². The van der Waals surface area contributed by atoms with Gasteiger partial charge in [0.25, 0.3) is 0 Å². The lowest BCUT2D eigenvalue weighted by molar-refractivity contribution is 0.000404. The number of piperidine rings is 2. The normalized spacial score (nSPS) is 36.0. The first kappa shape index (κ1) is 13.3. The van der Waals surface area contributed by atoms with Gasteiger partial charge in [0.05, 0.1) is 6.10 Å². The SMILES string of the molecule is CC1NCCCC1OCCC1CCCCN1C. The summed E-state index contributed by atoms with van der Waals surface area (Å²) in [4.78, 5) is 2.51. The number of hydrogen-bond donors (Lipinski definition) is 1. The molecule has 3 atom stereocenters. The Morgan fingerprint density at radius 2 is 2.12 bits per heavy atom. The van der Waals surface area contributed by atoms with E-state index in [-0.39, 0.29) is 0 Å². The fraction of sp³-hybridized carbons (Fsp3) is 1.00. The number of nitrogens with zero attached hydrogens (tertiary/aromatic N) is 1. The molecule has 0 saturated carbocycles. The lowest BCUT2D eigenvalue weighted by Crippen LogP contribution is -2.44. The van der Waals surface area contributed by atoms with Crippen molar-refractivity contribution in [2.24, 2.45) is 0 Å². The second kappa shape index (κ2) is 6.72. The van der Waals surface area contributed by atoms with Crippen LogP contribution in [0.4, 0.5) is 0 Å². The maximum Gasteiger partial charge on any atom is 0.0725 e. The van der Waals surface area contributed by atoms with E-state index in [1.807, 2.05) is 0 Å². The van der Waals surface area contributed by atoms with Gasteiger partial charge in [0.15, 0.2) is 0 Å². The fourth-order valence-electron chi connectivity index (χ4n) is 3.11. The third-order valence-electron chi connectivity index (χ3n) is 4.39. The quantitative estimate of drug-likeness (QED) is 0.813. The Bertz CT molecular complexity index is 200. The van der Waals surface area contributed by atoms with Crippen molar-refractivity contribution in [2.45, 2.75) is 63.6 Å². The fourth-order valence-corrected chi connectivity index (χ4v) is 3.11. The summed E-state index contributed by atoms with van der Waals surface area (Å²) in [6, 6.07) is 1.29. The lowest BCUT2D eigenvalue weighted by Gasteiger charge is -2.34. The standard InChI is InChI=1S/C14H28N2O/c1-12-14(7-5-9-15-12)17-11-8-13-6-3-4-10-16(13)2/h12-15H,3-11H2,1-2H3. The van der Waals surface area contributed by atoms with Crippen LogP contribution in [-0.2, 0) is 4.74 Å². The zero-order chi connectivity index (χ0) is 12.1. The molecule has 3 nitrogen and oxygen atoms in total. The molecule has 0 aromatic heterocycles. The number of hydrogen-bond acceptors (Lipinski definition) is 3. The maximum absolute atomic E-state index is 6.06. The van der Waals surface area contributed by atoms with Gasteiger partial charge in [0.2, 0.25) is 0 Å². The van der Waals surface area contributed by atoms with Gasteiger partial charge < -0.3 is 15.0 Å². The zero-order valence-corrected chi connectivity index (χ0v) is 11.5. The van der Waals surface area contributed by atoms with Gasteiger partial charge in [-0.2, -0.15) is 0 Å². The summed E-state index contributed by atoms with van der Waals surface area (Å²) in [5, 5.41) is 3.49. The molecule has 0 radical (unpaired) electrons. The molecule has 2 fully saturated rings. The Kier molecular flexibility index (Phi) is 5.26. The van der Waals surface area contributed by atoms with Gasteiger partial charge in [-0.3, -0.25) is 0 Å². The Hall–Kier alpha value is -0.120. The molecule has 17 heavy (non-hydrogen) atoms. The first-order valence-corrected chi connectivity index (χ1v) is 7.32. The molecule has 3 unspecified atom stereocenters. The maximum atomic E-state index is 6.06. The van der Waals surface area contributed by atoms with Crippen molar-refractivity contribution in [3.8, 4) is 0 Å². The van der Waals surface area contributed by atoms with Crippen LogP contribution in [0.3, 0.4) is 0 Å². The number of nitrogens with one attached hydrogen (secondary N) is 1. The number of ether oxygens (including phenoxy) is 1. The highest BCUT2D eigenvalue weighted by molar-refractivity contribution is 4.79. The Morgan fingerprint density at radius 3 is 2.88 bits per heavy atom. The highest BCUT2D eigenvalue weighted by Crippen LogP contribution is 2.19. The molecule has 2 saturated heterocycles. The highest BCUT2D eigenvalue weighted by Gasteiger charge is 2.23. The molecule has 0 aromatic rings. The highest BCUT2D eigenvalue weighted by atomic mass is 16.5. The summed E-state index contributed by atoms with van der Waals surface area (Å²) in [6.45, 7) is 5.61. The van der Waals surface area contributed by atoms with Crippen LogP contribution in [0, 0.1) is 0 Å². The molecule has 0 bridgehead atoms. The second-order valence-electron chi connectivity index (χ2n) is 5.71. The van der Waals surface area contributed by atoms with Crippen LogP contribution in [0.2, 0.25) is 0 Å². The summed E-state index contributed by atoms with van der Waals surface area (Å²) in [5.41, 5.74) is 0. The Morgan fingerprint density at radius 1 is 1.24 bits per heavy atom. The zero-order valence-electron chi connectivity index (χ0n) is 11.5. The molecule has 3 heteroatoms. The van der Waals surface area contributed by atoms with Crippen molar-refractivity contribution in [2.75, 3.05) is 26.7 Å². The minimum absolute atomic E-state index is 0.442. The van der Waals surface area contributed by atoms with Gasteiger partial charge in [-0.1, -0.05) is 6.42 Å². The number of likely N-dealkylation sites (tertiary alicyclic amines) is 1. The summed E-state index contributed by atoms with van der Waals surface area (Å²) in [6.07, 6.45) is 8.27. The van der Waals surface area contributed by atoms with Crippen molar-refractivity contribution in [3.63, 3.8) is 0 Å². The Balaban J connectivity index is 1.64. The molecule has 0 amide bonds. The van der Waals surface area contributed by atoms with Crippen LogP contribution < -0.4 is 5.32 Å². The largest absolute Gasteiger partial charge is 0.377 e. The summed E-state index contributed by atoms with van der Waals surface area (Å²) < 4.78 is 6.06. The molecule has 1 N–H and O–H groups in total. The third-order valence-corrected chi connectivity index (χ3v) is 4.39. The van der Waals surface area contributed by atoms with E-state index in [1.54, 1.807) is 0 Å². The van der Waals surface area contributed by atoms with Gasteiger partial charge in [0, 0.05) is 18.7 Å². The molecule has 2 aliphatic rings. The van der Waals surface area contributed by atoms with E-state index in [2.05, 4.69) is 24.2 Å². The van der Waals surface area contributed by atoms with Crippen LogP contribution in [0.15, 0.2) is 0 Å². The van der Waals surface area contributed by atoms with Crippen molar-refractivity contribution in [1.82, 2.24) is 10.2 Å². The van der Waals surface area contributed by atoms with Crippen molar-refractivity contribution in [1.29, 1.82) is 0 Å². The van der Waals surface area contributed by atoms with Gasteiger partial charge >= 0.3 is 0 Å². The topological polar surface area (TPSA) is 24.5 Å². The number of rotatable bonds is 4. The van der Waals surface area contributed by atoms with Crippen molar-refractivity contribution in [3.05, 3.63) is 0 Å².